The fourth-order valence-corrected chi connectivity index (χ4v) is 4.63. The molecule has 0 N–H and O–H groups in total. The minimum absolute atomic E-state index is 0. The third kappa shape index (κ3) is 6.73. The van der Waals surface area contributed by atoms with Crippen LogP contribution in [0.2, 0.25) is 0 Å². The molecule has 0 aliphatic carbocycles. The van der Waals surface area contributed by atoms with Crippen LogP contribution in [0.3, 0.4) is 0 Å². The van der Waals surface area contributed by atoms with Gasteiger partial charge in [0.25, 0.3) is 5.91 Å². The molecule has 0 aliphatic rings. The smallest absolute Gasteiger partial charge is 0.324 e. The van der Waals surface area contributed by atoms with Gasteiger partial charge in [-0.2, -0.15) is 0 Å². The molecular weight excluding hydrogens is 472 g/mol. The summed E-state index contributed by atoms with van der Waals surface area (Å²) in [5, 5.41) is 11.5. The van der Waals surface area contributed by atoms with Gasteiger partial charge in [0.1, 0.15) is 5.75 Å². The summed E-state index contributed by atoms with van der Waals surface area (Å²) in [6.07, 6.45) is 3.85. The molecule has 0 aliphatic heterocycles. The summed E-state index contributed by atoms with van der Waals surface area (Å²) in [5.74, 6) is 0.564. The maximum atomic E-state index is 13.0. The van der Waals surface area contributed by atoms with Gasteiger partial charge in [-0.25, -0.2) is 4.98 Å². The summed E-state index contributed by atoms with van der Waals surface area (Å²) in [7, 11) is 3.98. The van der Waals surface area contributed by atoms with Gasteiger partial charge in [0.15, 0.2) is 5.13 Å². The number of hydrogen-bond donors (Lipinski definition) is 0. The number of nitro groups is 1. The molecule has 0 radical (unpaired) electrons. The number of thiazole rings is 1. The minimum Gasteiger partial charge on any atom is -0.494 e. The number of rotatable bonds is 10. The first-order valence-electron chi connectivity index (χ1n) is 9.79. The van der Waals surface area contributed by atoms with Gasteiger partial charge in [-0.15, -0.1) is 12.4 Å². The molecule has 1 amide bonds. The summed E-state index contributed by atoms with van der Waals surface area (Å²) >= 11 is 2.47. The lowest BCUT2D eigenvalue weighted by Crippen LogP contribution is -2.32. The highest BCUT2D eigenvalue weighted by Crippen LogP contribution is 2.32. The fourth-order valence-electron chi connectivity index (χ4n) is 2.88. The number of benzene rings is 1. The zero-order valence-electron chi connectivity index (χ0n) is 18.0. The Morgan fingerprint density at radius 3 is 2.66 bits per heavy atom. The largest absolute Gasteiger partial charge is 0.494 e. The molecule has 3 aromatic rings. The number of fused-ring (bicyclic) bond motifs is 1. The van der Waals surface area contributed by atoms with Crippen molar-refractivity contribution in [3.8, 4) is 5.75 Å². The number of amides is 1. The van der Waals surface area contributed by atoms with E-state index in [9.17, 15) is 14.9 Å². The molecule has 0 bridgehead atoms. The lowest BCUT2D eigenvalue weighted by molar-refractivity contribution is -0.380. The van der Waals surface area contributed by atoms with Gasteiger partial charge in [0.2, 0.25) is 0 Å². The molecule has 1 aromatic carbocycles. The van der Waals surface area contributed by atoms with E-state index < -0.39 is 4.92 Å². The van der Waals surface area contributed by atoms with Gasteiger partial charge in [-0.3, -0.25) is 19.8 Å². The van der Waals surface area contributed by atoms with Gasteiger partial charge >= 0.3 is 5.00 Å². The number of nitrogens with zero attached hydrogens (tertiary/aromatic N) is 4. The van der Waals surface area contributed by atoms with Crippen LogP contribution in [-0.4, -0.2) is 54.5 Å². The minimum atomic E-state index is -0.435. The Morgan fingerprint density at radius 2 is 2.00 bits per heavy atom. The highest BCUT2D eigenvalue weighted by Gasteiger charge is 2.18. The average Bonchev–Trinajstić information content (AvgIpc) is 3.36. The van der Waals surface area contributed by atoms with E-state index >= 15 is 0 Å². The van der Waals surface area contributed by atoms with Crippen molar-refractivity contribution in [2.45, 2.75) is 13.3 Å². The van der Waals surface area contributed by atoms with Crippen LogP contribution in [-0.2, 0) is 4.79 Å². The second-order valence-corrected chi connectivity index (χ2v) is 9.08. The number of aromatic nitrogens is 1. The maximum Gasteiger partial charge on any atom is 0.324 e. The maximum absolute atomic E-state index is 13.0. The van der Waals surface area contributed by atoms with E-state index in [1.54, 1.807) is 17.0 Å². The number of carbonyl (C=O) groups excluding carboxylic acids is 1. The monoisotopic (exact) mass is 496 g/mol. The third-order valence-electron chi connectivity index (χ3n) is 4.33. The molecular formula is C21H25ClN4O4S2. The molecule has 2 aromatic heterocycles. The van der Waals surface area contributed by atoms with Crippen molar-refractivity contribution < 1.29 is 14.5 Å². The van der Waals surface area contributed by atoms with Gasteiger partial charge in [-0.1, -0.05) is 22.7 Å². The van der Waals surface area contributed by atoms with E-state index in [2.05, 4.69) is 9.88 Å². The predicted molar refractivity (Wildman–Crippen MR) is 134 cm³/mol. The Morgan fingerprint density at radius 1 is 1.22 bits per heavy atom. The van der Waals surface area contributed by atoms with Gasteiger partial charge in [-0.05, 0) is 64.3 Å². The van der Waals surface area contributed by atoms with Crippen LogP contribution in [0, 0.1) is 10.1 Å². The molecule has 0 atom stereocenters. The quantitative estimate of drug-likeness (QED) is 0.221. The molecule has 8 nitrogen and oxygen atoms in total. The summed E-state index contributed by atoms with van der Waals surface area (Å²) in [6, 6.07) is 8.77. The second-order valence-electron chi connectivity index (χ2n) is 6.97. The highest BCUT2D eigenvalue weighted by atomic mass is 35.5. The van der Waals surface area contributed by atoms with Gasteiger partial charge < -0.3 is 9.64 Å². The molecule has 0 unspecified atom stereocenters. The Kier molecular flexibility index (Phi) is 9.58. The fraction of sp³-hybridized carbons (Fsp3) is 0.333. The van der Waals surface area contributed by atoms with Crippen molar-refractivity contribution in [2.75, 3.05) is 38.7 Å². The molecule has 0 saturated heterocycles. The lowest BCUT2D eigenvalue weighted by atomic mass is 10.3. The first-order chi connectivity index (χ1) is 14.9. The van der Waals surface area contributed by atoms with Gasteiger partial charge in [0.05, 0.1) is 21.7 Å². The zero-order valence-corrected chi connectivity index (χ0v) is 20.5. The summed E-state index contributed by atoms with van der Waals surface area (Å²) in [6.45, 7) is 3.87. The van der Waals surface area contributed by atoms with Gasteiger partial charge in [0, 0.05) is 23.6 Å². The number of anilines is 1. The molecule has 172 valence electrons. The van der Waals surface area contributed by atoms with Crippen molar-refractivity contribution in [3.05, 3.63) is 51.4 Å². The molecule has 11 heteroatoms. The number of ether oxygens (including phenoxy) is 1. The van der Waals surface area contributed by atoms with Crippen LogP contribution in [0.25, 0.3) is 16.3 Å². The van der Waals surface area contributed by atoms with E-state index in [0.29, 0.717) is 23.2 Å². The van der Waals surface area contributed by atoms with E-state index in [-0.39, 0.29) is 23.3 Å². The van der Waals surface area contributed by atoms with E-state index in [1.807, 2.05) is 39.2 Å². The van der Waals surface area contributed by atoms with Crippen LogP contribution < -0.4 is 9.64 Å². The Labute approximate surface area is 200 Å². The van der Waals surface area contributed by atoms with E-state index in [1.165, 1.54) is 23.5 Å². The topological polar surface area (TPSA) is 88.8 Å². The van der Waals surface area contributed by atoms with Crippen molar-refractivity contribution in [1.82, 2.24) is 9.88 Å². The second kappa shape index (κ2) is 11.9. The Hall–Kier alpha value is -2.53. The van der Waals surface area contributed by atoms with Crippen LogP contribution in [0.4, 0.5) is 10.1 Å². The average molecular weight is 497 g/mol. The molecule has 0 fully saturated rings. The number of halogens is 1. The first-order valence-corrected chi connectivity index (χ1v) is 11.4. The van der Waals surface area contributed by atoms with E-state index in [4.69, 9.17) is 4.74 Å². The Balaban J connectivity index is 0.00000363. The van der Waals surface area contributed by atoms with Crippen LogP contribution >= 0.6 is 35.1 Å². The SMILES string of the molecule is CCOc1ccc2nc(N(CCCN(C)C)C(=O)C=Cc3ccc([N+](=O)[O-])s3)sc2c1.Cl. The zero-order chi connectivity index (χ0) is 22.4. The van der Waals surface area contributed by atoms with Crippen LogP contribution in [0.5, 0.6) is 5.75 Å². The van der Waals surface area contributed by atoms with Crippen molar-refractivity contribution in [2.24, 2.45) is 0 Å². The first kappa shape index (κ1) is 25.7. The van der Waals surface area contributed by atoms with Crippen LogP contribution in [0.1, 0.15) is 18.2 Å². The third-order valence-corrected chi connectivity index (χ3v) is 6.37. The predicted octanol–water partition coefficient (Wildman–Crippen LogP) is 5.08. The number of carbonyl (C=O) groups is 1. The summed E-state index contributed by atoms with van der Waals surface area (Å²) in [4.78, 5) is 32.5. The summed E-state index contributed by atoms with van der Waals surface area (Å²) in [5.41, 5.74) is 0.812. The lowest BCUT2D eigenvalue weighted by Gasteiger charge is -2.19. The van der Waals surface area contributed by atoms with E-state index in [0.717, 1.165) is 40.3 Å². The van der Waals surface area contributed by atoms with Crippen molar-refractivity contribution >= 4 is 67.4 Å². The number of hydrogen-bond acceptors (Lipinski definition) is 8. The molecule has 3 rings (SSSR count). The standard InChI is InChI=1S/C21H24N4O4S2.ClH/c1-4-29-15-6-9-17-18(14-15)31-21(22-17)24(13-5-12-23(2)3)19(26)10-7-16-8-11-20(30-16)25(27)28;/h6-11,14H,4-5,12-13H2,1-3H3;1H. The summed E-state index contributed by atoms with van der Waals surface area (Å²) < 4.78 is 6.51. The van der Waals surface area contributed by atoms with Crippen molar-refractivity contribution in [3.63, 3.8) is 0 Å². The van der Waals surface area contributed by atoms with Crippen LogP contribution in [0.15, 0.2) is 36.4 Å². The molecule has 2 heterocycles. The highest BCUT2D eigenvalue weighted by molar-refractivity contribution is 7.22. The van der Waals surface area contributed by atoms with Crippen molar-refractivity contribution in [1.29, 1.82) is 0 Å². The Bertz CT molecular complexity index is 1100. The molecule has 32 heavy (non-hydrogen) atoms. The normalized spacial score (nSPS) is 11.1. The number of thiophene rings is 1. The molecule has 0 saturated carbocycles. The molecule has 0 spiro atoms.